The predicted octanol–water partition coefficient (Wildman–Crippen LogP) is 3.46. The molecule has 0 aromatic heterocycles. The summed E-state index contributed by atoms with van der Waals surface area (Å²) in [5, 5.41) is 24.4. The molecule has 0 aromatic rings. The third-order valence-electron chi connectivity index (χ3n) is 7.09. The van der Waals surface area contributed by atoms with E-state index in [0.29, 0.717) is 25.7 Å². The van der Waals surface area contributed by atoms with E-state index in [-0.39, 0.29) is 45.3 Å². The molecule has 2 saturated carbocycles. The van der Waals surface area contributed by atoms with Crippen LogP contribution < -0.4 is 10.6 Å². The number of rotatable bonds is 12. The smallest absolute Gasteiger partial charge is 0.407 e. The summed E-state index contributed by atoms with van der Waals surface area (Å²) in [6.07, 6.45) is 1.49. The Hall–Kier alpha value is -3.12. The molecule has 0 aliphatic heterocycles. The highest BCUT2D eigenvalue weighted by Gasteiger charge is 2.67. The maximum Gasteiger partial charge on any atom is 0.407 e. The fraction of sp³-hybridized carbons (Fsp3) is 0.680. The van der Waals surface area contributed by atoms with E-state index in [9.17, 15) is 29.4 Å². The van der Waals surface area contributed by atoms with E-state index < -0.39 is 46.8 Å². The second-order valence-electron chi connectivity index (χ2n) is 9.21. The lowest BCUT2D eigenvalue weighted by Gasteiger charge is -2.58. The van der Waals surface area contributed by atoms with Gasteiger partial charge in [0.15, 0.2) is 22.7 Å². The highest BCUT2D eigenvalue weighted by molar-refractivity contribution is 5.82. The van der Waals surface area contributed by atoms with Gasteiger partial charge in [-0.3, -0.25) is 10.6 Å². The highest BCUT2D eigenvalue weighted by atomic mass is 16.6. The molecule has 0 heterocycles. The van der Waals surface area contributed by atoms with Crippen molar-refractivity contribution in [2.45, 2.75) is 94.3 Å². The Morgan fingerprint density at radius 2 is 1.08 bits per heavy atom. The highest BCUT2D eigenvalue weighted by Crippen LogP contribution is 2.53. The standard InChI is InChI=1S/C25H38N2O10/c1-5-18(28)36-22(13-9-11-15-24(22,34-7-3)26-20(30)31)17-23(37-19(29)6-2)14-10-12-16-25(23,35-8-4)27-21(32)33/h5-6,26-27H,1-2,7-17H2,3-4H3,(H,30,31)(H,32,33). The number of carbonyl (C=O) groups excluding carboxylic acids is 2. The average Bonchev–Trinajstić information content (AvgIpc) is 2.82. The van der Waals surface area contributed by atoms with Crippen LogP contribution in [0.5, 0.6) is 0 Å². The van der Waals surface area contributed by atoms with Gasteiger partial charge in [-0.1, -0.05) is 13.2 Å². The van der Waals surface area contributed by atoms with Crippen molar-refractivity contribution in [2.75, 3.05) is 13.2 Å². The molecule has 2 fully saturated rings. The Bertz CT molecular complexity index is 817. The summed E-state index contributed by atoms with van der Waals surface area (Å²) in [7, 11) is 0. The number of esters is 2. The Morgan fingerprint density at radius 1 is 0.730 bits per heavy atom. The third kappa shape index (κ3) is 6.24. The fourth-order valence-electron chi connectivity index (χ4n) is 5.83. The van der Waals surface area contributed by atoms with Crippen molar-refractivity contribution in [3.05, 3.63) is 25.3 Å². The normalized spacial score (nSPS) is 31.4. The van der Waals surface area contributed by atoms with Crippen LogP contribution in [0.15, 0.2) is 25.3 Å². The summed E-state index contributed by atoms with van der Waals surface area (Å²) in [5.74, 6) is -1.68. The molecule has 4 atom stereocenters. The largest absolute Gasteiger partial charge is 0.465 e. The van der Waals surface area contributed by atoms with Crippen molar-refractivity contribution in [3.63, 3.8) is 0 Å². The van der Waals surface area contributed by atoms with Crippen LogP contribution in [0.2, 0.25) is 0 Å². The van der Waals surface area contributed by atoms with Crippen LogP contribution in [-0.4, -0.2) is 70.2 Å². The van der Waals surface area contributed by atoms with Crippen molar-refractivity contribution >= 4 is 24.1 Å². The van der Waals surface area contributed by atoms with Gasteiger partial charge in [-0.05, 0) is 65.2 Å². The lowest BCUT2D eigenvalue weighted by Crippen LogP contribution is -2.75. The second kappa shape index (κ2) is 12.4. The van der Waals surface area contributed by atoms with Crippen molar-refractivity contribution in [1.29, 1.82) is 0 Å². The first-order chi connectivity index (χ1) is 17.5. The van der Waals surface area contributed by atoms with Gasteiger partial charge in [0.05, 0.1) is 0 Å². The Morgan fingerprint density at radius 3 is 1.38 bits per heavy atom. The molecule has 4 N–H and O–H groups in total. The molecular formula is C25H38N2O10. The van der Waals surface area contributed by atoms with E-state index in [0.717, 1.165) is 12.2 Å². The molecular weight excluding hydrogens is 488 g/mol. The summed E-state index contributed by atoms with van der Waals surface area (Å²) >= 11 is 0. The molecule has 208 valence electrons. The Labute approximate surface area is 216 Å². The first-order valence-electron chi connectivity index (χ1n) is 12.5. The van der Waals surface area contributed by atoms with Crippen LogP contribution in [0.1, 0.15) is 71.6 Å². The molecule has 0 bridgehead atoms. The van der Waals surface area contributed by atoms with E-state index in [1.54, 1.807) is 13.8 Å². The first kappa shape index (κ1) is 30.1. The fourth-order valence-corrected chi connectivity index (χ4v) is 5.83. The molecule has 0 saturated heterocycles. The van der Waals surface area contributed by atoms with Gasteiger partial charge < -0.3 is 29.2 Å². The summed E-state index contributed by atoms with van der Waals surface area (Å²) in [4.78, 5) is 49.4. The minimum absolute atomic E-state index is 0.0666. The van der Waals surface area contributed by atoms with Gasteiger partial charge in [-0.2, -0.15) is 0 Å². The lowest BCUT2D eigenvalue weighted by atomic mass is 9.64. The molecule has 0 radical (unpaired) electrons. The van der Waals surface area contributed by atoms with Crippen LogP contribution in [0, 0.1) is 0 Å². The lowest BCUT2D eigenvalue weighted by molar-refractivity contribution is -0.283. The maximum atomic E-state index is 12.7. The summed E-state index contributed by atoms with van der Waals surface area (Å²) in [6.45, 7) is 10.4. The molecule has 2 aliphatic rings. The summed E-state index contributed by atoms with van der Waals surface area (Å²) in [5.41, 5.74) is -6.88. The maximum absolute atomic E-state index is 12.7. The SMILES string of the molecule is C=CC(=O)OC1(CC2(OC(=O)C=C)CCCCC2(NC(=O)O)OCC)CCCCC1(NC(=O)O)OCC. The summed E-state index contributed by atoms with van der Waals surface area (Å²) in [6, 6.07) is 0. The first-order valence-corrected chi connectivity index (χ1v) is 12.5. The van der Waals surface area contributed by atoms with Crippen LogP contribution in [-0.2, 0) is 28.5 Å². The van der Waals surface area contributed by atoms with Gasteiger partial charge in [0.25, 0.3) is 0 Å². The second-order valence-corrected chi connectivity index (χ2v) is 9.21. The third-order valence-corrected chi connectivity index (χ3v) is 7.09. The molecule has 4 unspecified atom stereocenters. The predicted molar refractivity (Wildman–Crippen MR) is 131 cm³/mol. The molecule has 37 heavy (non-hydrogen) atoms. The topological polar surface area (TPSA) is 170 Å². The van der Waals surface area contributed by atoms with Crippen LogP contribution in [0.3, 0.4) is 0 Å². The van der Waals surface area contributed by atoms with E-state index in [1.807, 2.05) is 0 Å². The quantitative estimate of drug-likeness (QED) is 0.168. The molecule has 12 nitrogen and oxygen atoms in total. The van der Waals surface area contributed by atoms with E-state index in [1.165, 1.54) is 0 Å². The number of carboxylic acid groups (broad SMARTS) is 2. The molecule has 2 aliphatic carbocycles. The van der Waals surface area contributed by atoms with Gasteiger partial charge in [0.2, 0.25) is 0 Å². The number of amides is 2. The Kier molecular flexibility index (Phi) is 10.1. The number of carbonyl (C=O) groups is 4. The number of nitrogens with one attached hydrogen (secondary N) is 2. The van der Waals surface area contributed by atoms with Crippen LogP contribution in [0.4, 0.5) is 9.59 Å². The van der Waals surface area contributed by atoms with Crippen molar-refractivity contribution < 1.29 is 48.3 Å². The van der Waals surface area contributed by atoms with Crippen molar-refractivity contribution in [1.82, 2.24) is 10.6 Å². The van der Waals surface area contributed by atoms with E-state index in [2.05, 4.69) is 23.8 Å². The molecule has 0 aromatic carbocycles. The van der Waals surface area contributed by atoms with Gasteiger partial charge in [-0.25, -0.2) is 19.2 Å². The van der Waals surface area contributed by atoms with Crippen molar-refractivity contribution in [3.8, 4) is 0 Å². The van der Waals surface area contributed by atoms with Gasteiger partial charge in [0, 0.05) is 31.8 Å². The monoisotopic (exact) mass is 526 g/mol. The van der Waals surface area contributed by atoms with E-state index >= 15 is 0 Å². The zero-order valence-corrected chi connectivity index (χ0v) is 21.5. The van der Waals surface area contributed by atoms with E-state index in [4.69, 9.17) is 18.9 Å². The summed E-state index contributed by atoms with van der Waals surface area (Å²) < 4.78 is 24.0. The average molecular weight is 527 g/mol. The zero-order valence-electron chi connectivity index (χ0n) is 21.5. The van der Waals surface area contributed by atoms with Crippen LogP contribution >= 0.6 is 0 Å². The van der Waals surface area contributed by atoms with Gasteiger partial charge in [0.1, 0.15) is 0 Å². The minimum atomic E-state index is -1.73. The van der Waals surface area contributed by atoms with Crippen molar-refractivity contribution in [2.24, 2.45) is 0 Å². The van der Waals surface area contributed by atoms with Gasteiger partial charge in [-0.15, -0.1) is 0 Å². The number of ether oxygens (including phenoxy) is 4. The number of hydrogen-bond acceptors (Lipinski definition) is 8. The van der Waals surface area contributed by atoms with Crippen LogP contribution in [0.25, 0.3) is 0 Å². The van der Waals surface area contributed by atoms with Gasteiger partial charge >= 0.3 is 24.1 Å². The Balaban J connectivity index is 2.86. The number of hydrogen-bond donors (Lipinski definition) is 4. The molecule has 2 rings (SSSR count). The molecule has 2 amide bonds. The molecule has 12 heteroatoms. The minimum Gasteiger partial charge on any atom is -0.465 e. The zero-order chi connectivity index (χ0) is 27.7. The molecule has 0 spiro atoms.